The molecule has 0 aliphatic carbocycles. The van der Waals surface area contributed by atoms with Gasteiger partial charge in [-0.2, -0.15) is 0 Å². The highest BCUT2D eigenvalue weighted by molar-refractivity contribution is 6.02. The Labute approximate surface area is 111 Å². The zero-order valence-corrected chi connectivity index (χ0v) is 10.8. The normalized spacial score (nSPS) is 10.1. The van der Waals surface area contributed by atoms with E-state index >= 15 is 0 Å². The zero-order valence-electron chi connectivity index (χ0n) is 10.8. The molecule has 0 radical (unpaired) electrons. The largest absolute Gasteiger partial charge is 0.324 e. The molecular weight excluding hydrogens is 242 g/mol. The van der Waals surface area contributed by atoms with Crippen LogP contribution in [0.3, 0.4) is 0 Å². The molecule has 2 rings (SSSR count). The molecule has 0 unspecified atom stereocenters. The lowest BCUT2D eigenvalue weighted by Crippen LogP contribution is -2.16. The summed E-state index contributed by atoms with van der Waals surface area (Å²) in [6, 6.07) is 6.98. The third kappa shape index (κ3) is 3.26. The van der Waals surface area contributed by atoms with Crippen molar-refractivity contribution in [2.45, 2.75) is 13.8 Å². The standard InChI is InChI=1S/C13H15N5O/c1-8-5-9(2)16-12(6-8)17-13(19)11-7-10(18-14)3-4-15-11/h3-7H,14H2,1-2H3,(H,15,18)(H,16,17,19). The Morgan fingerprint density at radius 3 is 2.74 bits per heavy atom. The first kappa shape index (κ1) is 13.0. The Hall–Kier alpha value is -2.47. The second-order valence-corrected chi connectivity index (χ2v) is 4.20. The predicted octanol–water partition coefficient (Wildman–Crippen LogP) is 1.63. The summed E-state index contributed by atoms with van der Waals surface area (Å²) in [5, 5.41) is 2.71. The fraction of sp³-hybridized carbons (Fsp3) is 0.154. The van der Waals surface area contributed by atoms with Gasteiger partial charge in [0.05, 0.1) is 5.69 Å². The van der Waals surface area contributed by atoms with E-state index in [1.54, 1.807) is 18.2 Å². The minimum Gasteiger partial charge on any atom is -0.324 e. The average molecular weight is 257 g/mol. The van der Waals surface area contributed by atoms with Crippen LogP contribution in [0.4, 0.5) is 11.5 Å². The third-order valence-electron chi connectivity index (χ3n) is 2.50. The van der Waals surface area contributed by atoms with Gasteiger partial charge in [0.25, 0.3) is 5.91 Å². The summed E-state index contributed by atoms with van der Waals surface area (Å²) in [5.41, 5.74) is 5.25. The van der Waals surface area contributed by atoms with Crippen LogP contribution in [-0.4, -0.2) is 15.9 Å². The van der Waals surface area contributed by atoms with Crippen molar-refractivity contribution in [1.29, 1.82) is 0 Å². The molecule has 4 N–H and O–H groups in total. The van der Waals surface area contributed by atoms with E-state index < -0.39 is 0 Å². The number of hydrogen-bond acceptors (Lipinski definition) is 5. The lowest BCUT2D eigenvalue weighted by Gasteiger charge is -2.07. The first-order chi connectivity index (χ1) is 9.08. The van der Waals surface area contributed by atoms with Crippen molar-refractivity contribution < 1.29 is 4.79 Å². The molecule has 0 atom stereocenters. The van der Waals surface area contributed by atoms with Gasteiger partial charge in [-0.25, -0.2) is 4.98 Å². The van der Waals surface area contributed by atoms with Gasteiger partial charge >= 0.3 is 0 Å². The van der Waals surface area contributed by atoms with Crippen molar-refractivity contribution in [2.75, 3.05) is 10.7 Å². The Morgan fingerprint density at radius 1 is 1.26 bits per heavy atom. The molecule has 2 aromatic rings. The second-order valence-electron chi connectivity index (χ2n) is 4.20. The molecule has 0 aromatic carbocycles. The summed E-state index contributed by atoms with van der Waals surface area (Å²) < 4.78 is 0. The number of rotatable bonds is 3. The molecule has 1 amide bonds. The Kier molecular flexibility index (Phi) is 3.72. The molecule has 0 aliphatic heterocycles. The van der Waals surface area contributed by atoms with E-state index in [-0.39, 0.29) is 11.6 Å². The smallest absolute Gasteiger partial charge is 0.275 e. The summed E-state index contributed by atoms with van der Waals surface area (Å²) in [4.78, 5) is 20.3. The monoisotopic (exact) mass is 257 g/mol. The van der Waals surface area contributed by atoms with Gasteiger partial charge in [0.15, 0.2) is 0 Å². The number of nitrogens with two attached hydrogens (primary N) is 1. The van der Waals surface area contributed by atoms with Gasteiger partial charge in [0, 0.05) is 11.9 Å². The lowest BCUT2D eigenvalue weighted by atomic mass is 10.2. The minimum atomic E-state index is -0.324. The number of nitrogens with zero attached hydrogens (tertiary/aromatic N) is 2. The van der Waals surface area contributed by atoms with E-state index in [1.165, 1.54) is 6.20 Å². The number of carbonyl (C=O) groups is 1. The quantitative estimate of drug-likeness (QED) is 0.574. The van der Waals surface area contributed by atoms with Crippen LogP contribution in [0.15, 0.2) is 30.5 Å². The number of hydrogen-bond donors (Lipinski definition) is 3. The molecule has 0 fully saturated rings. The van der Waals surface area contributed by atoms with Gasteiger partial charge in [-0.1, -0.05) is 0 Å². The lowest BCUT2D eigenvalue weighted by molar-refractivity contribution is 0.102. The van der Waals surface area contributed by atoms with E-state index in [1.807, 2.05) is 19.9 Å². The second kappa shape index (κ2) is 5.45. The van der Waals surface area contributed by atoms with Crippen LogP contribution in [0, 0.1) is 13.8 Å². The molecule has 0 saturated carbocycles. The van der Waals surface area contributed by atoms with Crippen molar-refractivity contribution in [3.8, 4) is 0 Å². The maximum Gasteiger partial charge on any atom is 0.275 e. The molecule has 6 heteroatoms. The van der Waals surface area contributed by atoms with Gasteiger partial charge in [-0.15, -0.1) is 0 Å². The van der Waals surface area contributed by atoms with Crippen molar-refractivity contribution >= 4 is 17.4 Å². The molecule has 98 valence electrons. The number of anilines is 2. The molecule has 0 saturated heterocycles. The highest BCUT2D eigenvalue weighted by atomic mass is 16.1. The van der Waals surface area contributed by atoms with Crippen molar-refractivity contribution in [3.63, 3.8) is 0 Å². The number of aromatic nitrogens is 2. The highest BCUT2D eigenvalue weighted by Crippen LogP contribution is 2.11. The molecule has 2 aromatic heterocycles. The number of pyridine rings is 2. The maximum atomic E-state index is 12.0. The van der Waals surface area contributed by atoms with Gasteiger partial charge in [-0.05, 0) is 43.7 Å². The minimum absolute atomic E-state index is 0.274. The van der Waals surface area contributed by atoms with Gasteiger partial charge < -0.3 is 10.7 Å². The number of hydrazine groups is 1. The van der Waals surface area contributed by atoms with Crippen molar-refractivity contribution in [2.24, 2.45) is 5.84 Å². The van der Waals surface area contributed by atoms with Crippen molar-refractivity contribution in [3.05, 3.63) is 47.4 Å². The van der Waals surface area contributed by atoms with Gasteiger partial charge in [0.2, 0.25) is 0 Å². The number of nitrogens with one attached hydrogen (secondary N) is 2. The number of aryl methyl sites for hydroxylation is 2. The van der Waals surface area contributed by atoms with E-state index in [2.05, 4.69) is 20.7 Å². The van der Waals surface area contributed by atoms with Crippen LogP contribution >= 0.6 is 0 Å². The topological polar surface area (TPSA) is 92.9 Å². The van der Waals surface area contributed by atoms with Crippen LogP contribution in [0.5, 0.6) is 0 Å². The fourth-order valence-corrected chi connectivity index (χ4v) is 1.73. The zero-order chi connectivity index (χ0) is 13.8. The van der Waals surface area contributed by atoms with E-state index in [4.69, 9.17) is 5.84 Å². The first-order valence-corrected chi connectivity index (χ1v) is 5.78. The van der Waals surface area contributed by atoms with Crippen LogP contribution in [0.2, 0.25) is 0 Å². The fourth-order valence-electron chi connectivity index (χ4n) is 1.73. The highest BCUT2D eigenvalue weighted by Gasteiger charge is 2.09. The van der Waals surface area contributed by atoms with Crippen LogP contribution in [0.25, 0.3) is 0 Å². The molecular formula is C13H15N5O. The number of nitrogen functional groups attached to an aromatic ring is 1. The SMILES string of the molecule is Cc1cc(C)nc(NC(=O)c2cc(NN)ccn2)c1. The molecule has 6 nitrogen and oxygen atoms in total. The predicted molar refractivity (Wildman–Crippen MR) is 73.7 cm³/mol. The molecule has 0 spiro atoms. The third-order valence-corrected chi connectivity index (χ3v) is 2.50. The van der Waals surface area contributed by atoms with Crippen LogP contribution < -0.4 is 16.6 Å². The Morgan fingerprint density at radius 2 is 2.05 bits per heavy atom. The maximum absolute atomic E-state index is 12.0. The molecule has 2 heterocycles. The van der Waals surface area contributed by atoms with Crippen molar-refractivity contribution in [1.82, 2.24) is 9.97 Å². The summed E-state index contributed by atoms with van der Waals surface area (Å²) in [7, 11) is 0. The number of carbonyl (C=O) groups excluding carboxylic acids is 1. The summed E-state index contributed by atoms with van der Waals surface area (Å²) in [5.74, 6) is 5.47. The van der Waals surface area contributed by atoms with Crippen LogP contribution in [0.1, 0.15) is 21.7 Å². The summed E-state index contributed by atoms with van der Waals surface area (Å²) in [6.45, 7) is 3.82. The average Bonchev–Trinajstić information content (AvgIpc) is 2.37. The summed E-state index contributed by atoms with van der Waals surface area (Å²) in [6.07, 6.45) is 1.51. The molecule has 0 aliphatic rings. The van der Waals surface area contributed by atoms with Crippen LogP contribution in [-0.2, 0) is 0 Å². The van der Waals surface area contributed by atoms with Gasteiger partial charge in [0.1, 0.15) is 11.5 Å². The van der Waals surface area contributed by atoms with E-state index in [9.17, 15) is 4.79 Å². The Bertz CT molecular complexity index is 591. The van der Waals surface area contributed by atoms with Gasteiger partial charge in [-0.3, -0.25) is 15.6 Å². The summed E-state index contributed by atoms with van der Waals surface area (Å²) >= 11 is 0. The number of amides is 1. The van der Waals surface area contributed by atoms with E-state index in [0.717, 1.165) is 11.3 Å². The molecule has 19 heavy (non-hydrogen) atoms. The molecule has 0 bridgehead atoms. The van der Waals surface area contributed by atoms with E-state index in [0.29, 0.717) is 11.5 Å². The Balaban J connectivity index is 2.20. The first-order valence-electron chi connectivity index (χ1n) is 5.78.